The van der Waals surface area contributed by atoms with E-state index >= 15 is 0 Å². The number of hydrogen-bond acceptors (Lipinski definition) is 3. The smallest absolute Gasteiger partial charge is 0.142 e. The van der Waals surface area contributed by atoms with Crippen LogP contribution in [0.5, 0.6) is 5.75 Å². The van der Waals surface area contributed by atoms with Gasteiger partial charge in [-0.25, -0.2) is 0 Å². The highest BCUT2D eigenvalue weighted by atomic mass is 16.5. The number of para-hydroxylation sites is 3. The summed E-state index contributed by atoms with van der Waals surface area (Å²) in [5.74, 6) is 0.737. The van der Waals surface area contributed by atoms with Gasteiger partial charge >= 0.3 is 0 Å². The van der Waals surface area contributed by atoms with Gasteiger partial charge in [-0.3, -0.25) is 0 Å². The Bertz CT molecular complexity index is 669. The summed E-state index contributed by atoms with van der Waals surface area (Å²) < 4.78 is 5.60. The predicted molar refractivity (Wildman–Crippen MR) is 92.5 cm³/mol. The van der Waals surface area contributed by atoms with E-state index in [4.69, 9.17) is 16.2 Å². The van der Waals surface area contributed by atoms with Gasteiger partial charge < -0.3 is 16.2 Å². The molecule has 22 heavy (non-hydrogen) atoms. The number of anilines is 2. The Labute approximate surface area is 131 Å². The molecule has 112 valence electrons. The largest absolute Gasteiger partial charge is 0.487 e. The first-order chi connectivity index (χ1) is 10.8. The third kappa shape index (κ3) is 5.21. The molecule has 3 rings (SSSR count). The highest BCUT2D eigenvalue weighted by Crippen LogP contribution is 2.20. The number of rotatable bonds is 3. The van der Waals surface area contributed by atoms with Crippen molar-refractivity contribution in [2.75, 3.05) is 11.5 Å². The van der Waals surface area contributed by atoms with Gasteiger partial charge in [-0.2, -0.15) is 0 Å². The maximum Gasteiger partial charge on any atom is 0.142 e. The number of ether oxygens (including phenoxy) is 1. The summed E-state index contributed by atoms with van der Waals surface area (Å²) in [4.78, 5) is 0. The van der Waals surface area contributed by atoms with Crippen molar-refractivity contribution < 1.29 is 4.74 Å². The monoisotopic (exact) mass is 292 g/mol. The molecular weight excluding hydrogens is 272 g/mol. The van der Waals surface area contributed by atoms with Crippen molar-refractivity contribution in [3.05, 3.63) is 90.5 Å². The summed E-state index contributed by atoms with van der Waals surface area (Å²) >= 11 is 0. The third-order valence-corrected chi connectivity index (χ3v) is 2.96. The second-order valence-electron chi connectivity index (χ2n) is 4.72. The number of nitrogens with two attached hydrogens (primary N) is 2. The molecule has 0 aromatic heterocycles. The Morgan fingerprint density at radius 3 is 1.73 bits per heavy atom. The molecule has 0 saturated carbocycles. The first-order valence-electron chi connectivity index (χ1n) is 7.07. The minimum Gasteiger partial charge on any atom is -0.487 e. The van der Waals surface area contributed by atoms with E-state index in [1.807, 2.05) is 84.9 Å². The molecular formula is C19H20N2O. The molecule has 0 unspecified atom stereocenters. The zero-order valence-corrected chi connectivity index (χ0v) is 12.4. The van der Waals surface area contributed by atoms with Crippen LogP contribution in [0.25, 0.3) is 0 Å². The van der Waals surface area contributed by atoms with Crippen LogP contribution in [-0.2, 0) is 6.61 Å². The average molecular weight is 292 g/mol. The Morgan fingerprint density at radius 1 is 0.636 bits per heavy atom. The molecule has 0 atom stereocenters. The molecule has 0 aliphatic rings. The fourth-order valence-corrected chi connectivity index (χ4v) is 1.80. The van der Waals surface area contributed by atoms with E-state index in [-0.39, 0.29) is 0 Å². The number of nitrogen functional groups attached to an aromatic ring is 2. The molecule has 4 N–H and O–H groups in total. The number of hydrogen-bond donors (Lipinski definition) is 2. The lowest BCUT2D eigenvalue weighted by Gasteiger charge is -2.08. The van der Waals surface area contributed by atoms with Gasteiger partial charge in [0.15, 0.2) is 0 Å². The maximum atomic E-state index is 5.76. The quantitative estimate of drug-likeness (QED) is 0.714. The minimum absolute atomic E-state index is 0.551. The van der Waals surface area contributed by atoms with Crippen molar-refractivity contribution in [1.82, 2.24) is 0 Å². The minimum atomic E-state index is 0.551. The summed E-state index contributed by atoms with van der Waals surface area (Å²) in [5, 5.41) is 0. The Kier molecular flexibility index (Phi) is 5.88. The average Bonchev–Trinajstić information content (AvgIpc) is 2.56. The van der Waals surface area contributed by atoms with E-state index in [1.165, 1.54) is 0 Å². The molecule has 0 fully saturated rings. The first kappa shape index (κ1) is 15.4. The molecule has 3 aromatic carbocycles. The van der Waals surface area contributed by atoms with E-state index in [0.29, 0.717) is 12.3 Å². The normalized spacial score (nSPS) is 9.45. The van der Waals surface area contributed by atoms with E-state index in [1.54, 1.807) is 0 Å². The molecule has 0 radical (unpaired) electrons. The lowest BCUT2D eigenvalue weighted by Crippen LogP contribution is -1.97. The third-order valence-electron chi connectivity index (χ3n) is 2.96. The van der Waals surface area contributed by atoms with Crippen molar-refractivity contribution in [1.29, 1.82) is 0 Å². The fraction of sp³-hybridized carbons (Fsp3) is 0.0526. The SMILES string of the molecule is Nc1ccccc1.Nc1ccccc1OCc1ccccc1. The van der Waals surface area contributed by atoms with E-state index < -0.39 is 0 Å². The molecule has 3 nitrogen and oxygen atoms in total. The Morgan fingerprint density at radius 2 is 1.18 bits per heavy atom. The van der Waals surface area contributed by atoms with Gasteiger partial charge in [0, 0.05) is 5.69 Å². The molecule has 0 bridgehead atoms. The van der Waals surface area contributed by atoms with Crippen LogP contribution >= 0.6 is 0 Å². The molecule has 0 heterocycles. The summed E-state index contributed by atoms with van der Waals surface area (Å²) in [6.45, 7) is 0.551. The van der Waals surface area contributed by atoms with Crippen LogP contribution in [0.2, 0.25) is 0 Å². The van der Waals surface area contributed by atoms with Gasteiger partial charge in [-0.15, -0.1) is 0 Å². The van der Waals surface area contributed by atoms with Gasteiger partial charge in [0.1, 0.15) is 12.4 Å². The van der Waals surface area contributed by atoms with Crippen molar-refractivity contribution >= 4 is 11.4 Å². The molecule has 3 heteroatoms. The summed E-state index contributed by atoms with van der Waals surface area (Å²) in [6.07, 6.45) is 0. The van der Waals surface area contributed by atoms with Crippen LogP contribution in [0.4, 0.5) is 11.4 Å². The van der Waals surface area contributed by atoms with Gasteiger partial charge in [0.25, 0.3) is 0 Å². The van der Waals surface area contributed by atoms with Gasteiger partial charge in [0.05, 0.1) is 5.69 Å². The lowest BCUT2D eigenvalue weighted by atomic mass is 10.2. The Hall–Kier alpha value is -2.94. The molecule has 0 aliphatic heterocycles. The molecule has 0 amide bonds. The van der Waals surface area contributed by atoms with Gasteiger partial charge in [-0.05, 0) is 29.8 Å². The van der Waals surface area contributed by atoms with E-state index in [9.17, 15) is 0 Å². The predicted octanol–water partition coefficient (Wildman–Crippen LogP) is 4.12. The summed E-state index contributed by atoms with van der Waals surface area (Å²) in [7, 11) is 0. The second kappa shape index (κ2) is 8.37. The molecule has 0 spiro atoms. The second-order valence-corrected chi connectivity index (χ2v) is 4.72. The van der Waals surface area contributed by atoms with Crippen LogP contribution in [0.15, 0.2) is 84.9 Å². The van der Waals surface area contributed by atoms with Crippen molar-refractivity contribution in [2.24, 2.45) is 0 Å². The highest BCUT2D eigenvalue weighted by Gasteiger charge is 1.98. The van der Waals surface area contributed by atoms with Crippen LogP contribution < -0.4 is 16.2 Å². The standard InChI is InChI=1S/C13H13NO.C6H7N/c14-12-8-4-5-9-13(12)15-10-11-6-2-1-3-7-11;7-6-4-2-1-3-5-6/h1-9H,10,14H2;1-5H,7H2. The lowest BCUT2D eigenvalue weighted by molar-refractivity contribution is 0.308. The van der Waals surface area contributed by atoms with E-state index in [2.05, 4.69) is 0 Å². The van der Waals surface area contributed by atoms with Crippen LogP contribution in [0.3, 0.4) is 0 Å². The first-order valence-corrected chi connectivity index (χ1v) is 7.07. The topological polar surface area (TPSA) is 61.3 Å². The van der Waals surface area contributed by atoms with Crippen molar-refractivity contribution in [2.45, 2.75) is 6.61 Å². The van der Waals surface area contributed by atoms with E-state index in [0.717, 1.165) is 17.0 Å². The van der Waals surface area contributed by atoms with Gasteiger partial charge in [0.2, 0.25) is 0 Å². The number of benzene rings is 3. The zero-order valence-electron chi connectivity index (χ0n) is 12.4. The molecule has 0 saturated heterocycles. The molecule has 0 aliphatic carbocycles. The highest BCUT2D eigenvalue weighted by molar-refractivity contribution is 5.51. The van der Waals surface area contributed by atoms with Gasteiger partial charge in [-0.1, -0.05) is 60.7 Å². The fourth-order valence-electron chi connectivity index (χ4n) is 1.80. The zero-order chi connectivity index (χ0) is 15.6. The van der Waals surface area contributed by atoms with Crippen molar-refractivity contribution in [3.8, 4) is 5.75 Å². The Balaban J connectivity index is 0.000000211. The van der Waals surface area contributed by atoms with Crippen LogP contribution in [-0.4, -0.2) is 0 Å². The summed E-state index contributed by atoms with van der Waals surface area (Å²) in [6, 6.07) is 27.0. The summed E-state index contributed by atoms with van der Waals surface area (Å²) in [5.41, 5.74) is 13.8. The van der Waals surface area contributed by atoms with Crippen LogP contribution in [0.1, 0.15) is 5.56 Å². The molecule has 3 aromatic rings. The van der Waals surface area contributed by atoms with Crippen LogP contribution in [0, 0.1) is 0 Å². The van der Waals surface area contributed by atoms with Crippen molar-refractivity contribution in [3.63, 3.8) is 0 Å². The maximum absolute atomic E-state index is 5.76.